The molecule has 1 aromatic rings. The van der Waals surface area contributed by atoms with Crippen LogP contribution in [0.4, 0.5) is 11.4 Å². The van der Waals surface area contributed by atoms with Gasteiger partial charge >= 0.3 is 0 Å². The number of benzene rings is 1. The Kier molecular flexibility index (Phi) is 2.03. The van der Waals surface area contributed by atoms with Gasteiger partial charge in [0.2, 0.25) is 0 Å². The zero-order valence-corrected chi connectivity index (χ0v) is 9.24. The van der Waals surface area contributed by atoms with Crippen molar-refractivity contribution in [1.82, 2.24) is 0 Å². The zero-order valence-electron chi connectivity index (χ0n) is 7.66. The minimum atomic E-state index is 0.618. The first-order valence-electron chi connectivity index (χ1n) is 4.73. The van der Waals surface area contributed by atoms with Crippen molar-refractivity contribution in [2.45, 2.75) is 6.04 Å². The molecule has 0 aliphatic carbocycles. The smallest absolute Gasteiger partial charge is 0.0801 e. The maximum atomic E-state index is 6.22. The summed E-state index contributed by atoms with van der Waals surface area (Å²) >= 11 is 8.20. The fourth-order valence-corrected chi connectivity index (χ4v) is 3.57. The van der Waals surface area contributed by atoms with Crippen LogP contribution in [-0.2, 0) is 0 Å². The summed E-state index contributed by atoms with van der Waals surface area (Å²) in [5.74, 6) is 2.28. The monoisotopic (exact) mass is 226 g/mol. The molecule has 1 saturated heterocycles. The fraction of sp³-hybridized carbons (Fsp3) is 0.400. The number of nitrogens with one attached hydrogen (secondary N) is 1. The first-order chi connectivity index (χ1) is 6.86. The number of thioether (sulfide) groups is 1. The van der Waals surface area contributed by atoms with E-state index in [1.54, 1.807) is 0 Å². The number of nitrogens with zero attached hydrogens (tertiary/aromatic N) is 1. The highest BCUT2D eigenvalue weighted by Gasteiger charge is 2.31. The number of fused-ring (bicyclic) bond motifs is 3. The van der Waals surface area contributed by atoms with Crippen molar-refractivity contribution in [3.63, 3.8) is 0 Å². The summed E-state index contributed by atoms with van der Waals surface area (Å²) in [6.45, 7) is 1.04. The van der Waals surface area contributed by atoms with E-state index < -0.39 is 0 Å². The minimum absolute atomic E-state index is 0.618. The summed E-state index contributed by atoms with van der Waals surface area (Å²) in [6, 6.07) is 6.68. The highest BCUT2D eigenvalue weighted by atomic mass is 35.5. The van der Waals surface area contributed by atoms with E-state index in [1.807, 2.05) is 23.9 Å². The van der Waals surface area contributed by atoms with E-state index >= 15 is 0 Å². The van der Waals surface area contributed by atoms with Gasteiger partial charge in [0.15, 0.2) is 0 Å². The molecule has 4 heteroatoms. The molecule has 0 radical (unpaired) electrons. The Morgan fingerprint density at radius 2 is 2.43 bits per heavy atom. The molecule has 0 spiro atoms. The van der Waals surface area contributed by atoms with Crippen LogP contribution in [-0.4, -0.2) is 24.2 Å². The van der Waals surface area contributed by atoms with Gasteiger partial charge in [0.25, 0.3) is 0 Å². The van der Waals surface area contributed by atoms with Crippen molar-refractivity contribution >= 4 is 34.7 Å². The standard InChI is InChI=1S/C10H11ClN2S/c11-8-2-1-3-9-10(8)13-6-14-5-7(13)4-12-9/h1-3,7,12H,4-6H2/t7-/m0/s1. The van der Waals surface area contributed by atoms with E-state index in [4.69, 9.17) is 11.6 Å². The summed E-state index contributed by atoms with van der Waals surface area (Å²) in [5.41, 5.74) is 2.37. The third-order valence-electron chi connectivity index (χ3n) is 2.78. The second-order valence-electron chi connectivity index (χ2n) is 3.64. The molecule has 3 rings (SSSR count). The molecule has 1 fully saturated rings. The molecular weight excluding hydrogens is 216 g/mol. The van der Waals surface area contributed by atoms with Crippen LogP contribution in [0.15, 0.2) is 18.2 Å². The van der Waals surface area contributed by atoms with E-state index in [2.05, 4.69) is 16.3 Å². The van der Waals surface area contributed by atoms with Crippen LogP contribution in [0.5, 0.6) is 0 Å². The lowest BCUT2D eigenvalue weighted by molar-refractivity contribution is 0.722. The fourth-order valence-electron chi connectivity index (χ4n) is 2.08. The second kappa shape index (κ2) is 3.24. The van der Waals surface area contributed by atoms with Crippen LogP contribution in [0, 0.1) is 0 Å². The van der Waals surface area contributed by atoms with Gasteiger partial charge in [-0.25, -0.2) is 0 Å². The Morgan fingerprint density at radius 1 is 1.50 bits per heavy atom. The van der Waals surface area contributed by atoms with Gasteiger partial charge in [0, 0.05) is 12.3 Å². The van der Waals surface area contributed by atoms with Crippen LogP contribution in [0.1, 0.15) is 0 Å². The molecule has 2 aliphatic heterocycles. The number of anilines is 2. The number of hydrogen-bond acceptors (Lipinski definition) is 3. The van der Waals surface area contributed by atoms with E-state index in [-0.39, 0.29) is 0 Å². The Morgan fingerprint density at radius 3 is 3.36 bits per heavy atom. The van der Waals surface area contributed by atoms with Crippen molar-refractivity contribution in [3.05, 3.63) is 23.2 Å². The zero-order chi connectivity index (χ0) is 9.54. The topological polar surface area (TPSA) is 15.3 Å². The SMILES string of the molecule is Clc1cccc2c1N1CSC[C@@H]1CN2. The number of hydrogen-bond donors (Lipinski definition) is 1. The van der Waals surface area contributed by atoms with Crippen LogP contribution in [0.3, 0.4) is 0 Å². The van der Waals surface area contributed by atoms with E-state index in [0.717, 1.165) is 17.4 Å². The van der Waals surface area contributed by atoms with Gasteiger partial charge in [-0.15, -0.1) is 11.8 Å². The molecule has 1 N–H and O–H groups in total. The normalized spacial score (nSPS) is 24.1. The number of halogens is 1. The first kappa shape index (κ1) is 8.74. The van der Waals surface area contributed by atoms with Crippen LogP contribution in [0.2, 0.25) is 5.02 Å². The molecule has 74 valence electrons. The lowest BCUT2D eigenvalue weighted by Crippen LogP contribution is -2.40. The Balaban J connectivity index is 2.11. The van der Waals surface area contributed by atoms with Gasteiger partial charge in [-0.05, 0) is 12.1 Å². The molecule has 14 heavy (non-hydrogen) atoms. The van der Waals surface area contributed by atoms with Crippen molar-refractivity contribution in [2.24, 2.45) is 0 Å². The molecule has 1 atom stereocenters. The number of para-hydroxylation sites is 1. The molecule has 0 saturated carbocycles. The summed E-state index contributed by atoms with van der Waals surface area (Å²) in [7, 11) is 0. The van der Waals surface area contributed by atoms with Gasteiger partial charge < -0.3 is 10.2 Å². The largest absolute Gasteiger partial charge is 0.381 e. The van der Waals surface area contributed by atoms with Crippen molar-refractivity contribution < 1.29 is 0 Å². The van der Waals surface area contributed by atoms with Crippen LogP contribution < -0.4 is 10.2 Å². The third kappa shape index (κ3) is 1.19. The van der Waals surface area contributed by atoms with Gasteiger partial charge in [0.05, 0.1) is 28.3 Å². The Bertz CT molecular complexity index is 369. The second-order valence-corrected chi connectivity index (χ2v) is 5.05. The molecule has 0 unspecified atom stereocenters. The van der Waals surface area contributed by atoms with Crippen LogP contribution >= 0.6 is 23.4 Å². The quantitative estimate of drug-likeness (QED) is 0.732. The maximum absolute atomic E-state index is 6.22. The molecular formula is C10H11ClN2S. The Labute approximate surface area is 92.6 Å². The average Bonchev–Trinajstić information content (AvgIpc) is 2.65. The van der Waals surface area contributed by atoms with Gasteiger partial charge in [-0.2, -0.15) is 0 Å². The van der Waals surface area contributed by atoms with Crippen LogP contribution in [0.25, 0.3) is 0 Å². The third-order valence-corrected chi connectivity index (χ3v) is 4.17. The van der Waals surface area contributed by atoms with Crippen molar-refractivity contribution in [3.8, 4) is 0 Å². The molecule has 2 aliphatic rings. The average molecular weight is 227 g/mol. The number of rotatable bonds is 0. The van der Waals surface area contributed by atoms with E-state index in [9.17, 15) is 0 Å². The molecule has 2 nitrogen and oxygen atoms in total. The van der Waals surface area contributed by atoms with Crippen molar-refractivity contribution in [1.29, 1.82) is 0 Å². The summed E-state index contributed by atoms with van der Waals surface area (Å²) in [6.07, 6.45) is 0. The van der Waals surface area contributed by atoms with E-state index in [0.29, 0.717) is 6.04 Å². The highest BCUT2D eigenvalue weighted by Crippen LogP contribution is 2.41. The molecule has 0 aromatic heterocycles. The summed E-state index contributed by atoms with van der Waals surface area (Å²) in [5, 5.41) is 4.30. The molecule has 0 amide bonds. The first-order valence-corrected chi connectivity index (χ1v) is 6.26. The van der Waals surface area contributed by atoms with Gasteiger partial charge in [-0.1, -0.05) is 17.7 Å². The van der Waals surface area contributed by atoms with Crippen molar-refractivity contribution in [2.75, 3.05) is 28.4 Å². The molecule has 2 heterocycles. The predicted octanol–water partition coefficient (Wildman–Crippen LogP) is 2.64. The van der Waals surface area contributed by atoms with E-state index in [1.165, 1.54) is 17.1 Å². The minimum Gasteiger partial charge on any atom is -0.381 e. The highest BCUT2D eigenvalue weighted by molar-refractivity contribution is 7.99. The maximum Gasteiger partial charge on any atom is 0.0801 e. The lowest BCUT2D eigenvalue weighted by Gasteiger charge is -2.34. The van der Waals surface area contributed by atoms with Gasteiger partial charge in [-0.3, -0.25) is 0 Å². The predicted molar refractivity (Wildman–Crippen MR) is 63.5 cm³/mol. The lowest BCUT2D eigenvalue weighted by atomic mass is 10.1. The van der Waals surface area contributed by atoms with Gasteiger partial charge in [0.1, 0.15) is 0 Å². The molecule has 1 aromatic carbocycles. The Hall–Kier alpha value is -0.540. The summed E-state index contributed by atoms with van der Waals surface area (Å²) < 4.78 is 0. The summed E-state index contributed by atoms with van der Waals surface area (Å²) in [4.78, 5) is 2.42. The molecule has 0 bridgehead atoms.